The molecule has 0 spiro atoms. The van der Waals surface area contributed by atoms with Gasteiger partial charge in [0.2, 0.25) is 0 Å². The Kier molecular flexibility index (Phi) is 2.58. The van der Waals surface area contributed by atoms with Crippen LogP contribution in [-0.2, 0) is 0 Å². The Balaban J connectivity index is 2.40. The van der Waals surface area contributed by atoms with E-state index in [1.807, 2.05) is 0 Å². The summed E-state index contributed by atoms with van der Waals surface area (Å²) in [6, 6.07) is 6.55. The van der Waals surface area contributed by atoms with Crippen molar-refractivity contribution < 1.29 is 0 Å². The number of anilines is 1. The number of rotatable bonds is 1. The third-order valence-electron chi connectivity index (χ3n) is 2.76. The van der Waals surface area contributed by atoms with Crippen LogP contribution in [0.2, 0.25) is 0 Å². The Bertz CT molecular complexity index is 309. The molecule has 2 heteroatoms. The second kappa shape index (κ2) is 3.70. The standard InChI is InChI=1S/C11H14BrN/c1-2-8-5-6-13-11-7-9(12)3-4-10(8)11/h3-4,7-8,13H,2,5-6H2,1H3. The van der Waals surface area contributed by atoms with E-state index in [0.717, 1.165) is 16.9 Å². The number of halogens is 1. The lowest BCUT2D eigenvalue weighted by Crippen LogP contribution is -2.16. The molecule has 1 unspecified atom stereocenters. The SMILES string of the molecule is CCC1CCNc2cc(Br)ccc21. The second-order valence-electron chi connectivity index (χ2n) is 3.55. The largest absolute Gasteiger partial charge is 0.385 e. The number of fused-ring (bicyclic) bond motifs is 1. The van der Waals surface area contributed by atoms with Crippen molar-refractivity contribution >= 4 is 21.6 Å². The fourth-order valence-electron chi connectivity index (χ4n) is 2.00. The highest BCUT2D eigenvalue weighted by molar-refractivity contribution is 9.10. The first-order valence-electron chi connectivity index (χ1n) is 4.84. The second-order valence-corrected chi connectivity index (χ2v) is 4.47. The van der Waals surface area contributed by atoms with Crippen LogP contribution < -0.4 is 5.32 Å². The quantitative estimate of drug-likeness (QED) is 0.788. The van der Waals surface area contributed by atoms with Crippen molar-refractivity contribution in [3.05, 3.63) is 28.2 Å². The maximum absolute atomic E-state index is 3.49. The summed E-state index contributed by atoms with van der Waals surface area (Å²) < 4.78 is 1.16. The average molecular weight is 240 g/mol. The van der Waals surface area contributed by atoms with Crippen LogP contribution in [0.3, 0.4) is 0 Å². The van der Waals surface area contributed by atoms with Gasteiger partial charge in [-0.1, -0.05) is 28.9 Å². The highest BCUT2D eigenvalue weighted by atomic mass is 79.9. The van der Waals surface area contributed by atoms with Crippen LogP contribution in [0, 0.1) is 0 Å². The summed E-state index contributed by atoms with van der Waals surface area (Å²) in [6.07, 6.45) is 2.52. The highest BCUT2D eigenvalue weighted by Gasteiger charge is 2.17. The number of benzene rings is 1. The predicted molar refractivity (Wildman–Crippen MR) is 60.3 cm³/mol. The van der Waals surface area contributed by atoms with E-state index in [-0.39, 0.29) is 0 Å². The lowest BCUT2D eigenvalue weighted by atomic mass is 9.89. The summed E-state index contributed by atoms with van der Waals surface area (Å²) in [7, 11) is 0. The third kappa shape index (κ3) is 1.73. The molecule has 1 nitrogen and oxygen atoms in total. The maximum Gasteiger partial charge on any atom is 0.0386 e. The Labute approximate surface area is 87.7 Å². The fraction of sp³-hybridized carbons (Fsp3) is 0.455. The minimum Gasteiger partial charge on any atom is -0.385 e. The molecule has 13 heavy (non-hydrogen) atoms. The molecule has 0 saturated carbocycles. The number of hydrogen-bond donors (Lipinski definition) is 1. The first-order chi connectivity index (χ1) is 6.31. The van der Waals surface area contributed by atoms with Crippen LogP contribution in [-0.4, -0.2) is 6.54 Å². The summed E-state index contributed by atoms with van der Waals surface area (Å²) in [5.41, 5.74) is 2.80. The highest BCUT2D eigenvalue weighted by Crippen LogP contribution is 2.35. The molecule has 0 fully saturated rings. The lowest BCUT2D eigenvalue weighted by molar-refractivity contribution is 0.608. The molecule has 1 aliphatic rings. The molecule has 1 aliphatic heterocycles. The van der Waals surface area contributed by atoms with Crippen LogP contribution in [0.1, 0.15) is 31.2 Å². The molecule has 1 atom stereocenters. The van der Waals surface area contributed by atoms with Gasteiger partial charge in [0, 0.05) is 16.7 Å². The van der Waals surface area contributed by atoms with Crippen LogP contribution in [0.15, 0.2) is 22.7 Å². The molecular weight excluding hydrogens is 226 g/mol. The Morgan fingerprint density at radius 1 is 1.54 bits per heavy atom. The van der Waals surface area contributed by atoms with Gasteiger partial charge in [-0.25, -0.2) is 0 Å². The number of hydrogen-bond acceptors (Lipinski definition) is 1. The molecular formula is C11H14BrN. The molecule has 2 rings (SSSR count). The number of nitrogens with one attached hydrogen (secondary N) is 1. The average Bonchev–Trinajstić information content (AvgIpc) is 2.16. The van der Waals surface area contributed by atoms with E-state index in [4.69, 9.17) is 0 Å². The van der Waals surface area contributed by atoms with E-state index in [2.05, 4.69) is 46.4 Å². The Morgan fingerprint density at radius 2 is 2.38 bits per heavy atom. The molecule has 0 saturated heterocycles. The summed E-state index contributed by atoms with van der Waals surface area (Å²) in [5, 5.41) is 3.44. The fourth-order valence-corrected chi connectivity index (χ4v) is 2.36. The predicted octanol–water partition coefficient (Wildman–Crippen LogP) is 3.76. The van der Waals surface area contributed by atoms with Crippen LogP contribution in [0.4, 0.5) is 5.69 Å². The van der Waals surface area contributed by atoms with Crippen molar-refractivity contribution in [3.8, 4) is 0 Å². The van der Waals surface area contributed by atoms with Gasteiger partial charge in [-0.15, -0.1) is 0 Å². The summed E-state index contributed by atoms with van der Waals surface area (Å²) in [5.74, 6) is 0.754. The molecule has 0 amide bonds. The molecule has 0 aromatic heterocycles. The van der Waals surface area contributed by atoms with Gasteiger partial charge in [-0.2, -0.15) is 0 Å². The summed E-state index contributed by atoms with van der Waals surface area (Å²) in [6.45, 7) is 3.38. The maximum atomic E-state index is 3.49. The molecule has 0 bridgehead atoms. The zero-order valence-corrected chi connectivity index (χ0v) is 9.39. The normalized spacial score (nSPS) is 20.6. The van der Waals surface area contributed by atoms with E-state index < -0.39 is 0 Å². The van der Waals surface area contributed by atoms with E-state index in [1.54, 1.807) is 0 Å². The molecule has 1 aromatic rings. The summed E-state index contributed by atoms with van der Waals surface area (Å²) in [4.78, 5) is 0. The zero-order valence-electron chi connectivity index (χ0n) is 7.81. The van der Waals surface area contributed by atoms with Gasteiger partial charge < -0.3 is 5.32 Å². The topological polar surface area (TPSA) is 12.0 Å². The molecule has 0 aliphatic carbocycles. The minimum atomic E-state index is 0.754. The van der Waals surface area contributed by atoms with E-state index in [1.165, 1.54) is 24.1 Å². The van der Waals surface area contributed by atoms with Crippen LogP contribution >= 0.6 is 15.9 Å². The van der Waals surface area contributed by atoms with Crippen molar-refractivity contribution in [3.63, 3.8) is 0 Å². The molecule has 1 heterocycles. The van der Waals surface area contributed by atoms with Gasteiger partial charge in [0.15, 0.2) is 0 Å². The van der Waals surface area contributed by atoms with Gasteiger partial charge in [0.25, 0.3) is 0 Å². The van der Waals surface area contributed by atoms with Crippen molar-refractivity contribution in [2.45, 2.75) is 25.7 Å². The van der Waals surface area contributed by atoms with Crippen molar-refractivity contribution in [2.75, 3.05) is 11.9 Å². The van der Waals surface area contributed by atoms with Crippen molar-refractivity contribution in [2.24, 2.45) is 0 Å². The Hall–Kier alpha value is -0.500. The third-order valence-corrected chi connectivity index (χ3v) is 3.25. The van der Waals surface area contributed by atoms with Crippen LogP contribution in [0.5, 0.6) is 0 Å². The smallest absolute Gasteiger partial charge is 0.0386 e. The monoisotopic (exact) mass is 239 g/mol. The van der Waals surface area contributed by atoms with E-state index in [0.29, 0.717) is 0 Å². The van der Waals surface area contributed by atoms with Crippen LogP contribution in [0.25, 0.3) is 0 Å². The van der Waals surface area contributed by atoms with Gasteiger partial charge >= 0.3 is 0 Å². The van der Waals surface area contributed by atoms with Gasteiger partial charge in [-0.05, 0) is 36.5 Å². The lowest BCUT2D eigenvalue weighted by Gasteiger charge is -2.25. The Morgan fingerprint density at radius 3 is 3.15 bits per heavy atom. The first kappa shape index (κ1) is 9.07. The van der Waals surface area contributed by atoms with Crippen molar-refractivity contribution in [1.82, 2.24) is 0 Å². The summed E-state index contributed by atoms with van der Waals surface area (Å²) >= 11 is 3.49. The van der Waals surface area contributed by atoms with E-state index >= 15 is 0 Å². The van der Waals surface area contributed by atoms with Gasteiger partial charge in [-0.3, -0.25) is 0 Å². The molecule has 1 aromatic carbocycles. The van der Waals surface area contributed by atoms with Crippen molar-refractivity contribution in [1.29, 1.82) is 0 Å². The minimum absolute atomic E-state index is 0.754. The van der Waals surface area contributed by atoms with Gasteiger partial charge in [0.1, 0.15) is 0 Å². The molecule has 70 valence electrons. The molecule has 0 radical (unpaired) electrons. The van der Waals surface area contributed by atoms with E-state index in [9.17, 15) is 0 Å². The molecule has 1 N–H and O–H groups in total. The zero-order chi connectivity index (χ0) is 9.26. The first-order valence-corrected chi connectivity index (χ1v) is 5.64. The van der Waals surface area contributed by atoms with Gasteiger partial charge in [0.05, 0.1) is 0 Å².